The van der Waals surface area contributed by atoms with Crippen LogP contribution in [0.15, 0.2) is 60.2 Å². The van der Waals surface area contributed by atoms with E-state index in [4.69, 9.17) is 4.74 Å². The third-order valence-electron chi connectivity index (χ3n) is 5.40. The van der Waals surface area contributed by atoms with Gasteiger partial charge in [-0.15, -0.1) is 0 Å². The highest BCUT2D eigenvalue weighted by molar-refractivity contribution is 5.90. The first-order chi connectivity index (χ1) is 12.8. The Kier molecular flexibility index (Phi) is 5.16. The van der Waals surface area contributed by atoms with Gasteiger partial charge in [-0.05, 0) is 68.6 Å². The average molecular weight is 347 g/mol. The first-order valence-corrected chi connectivity index (χ1v) is 9.61. The van der Waals surface area contributed by atoms with Crippen molar-refractivity contribution in [2.24, 2.45) is 0 Å². The molecule has 2 aromatic rings. The number of rotatable bonds is 4. The van der Waals surface area contributed by atoms with Crippen molar-refractivity contribution in [3.05, 3.63) is 71.3 Å². The summed E-state index contributed by atoms with van der Waals surface area (Å²) in [6.45, 7) is 2.49. The number of hydrogen-bond donors (Lipinski definition) is 0. The summed E-state index contributed by atoms with van der Waals surface area (Å²) in [6, 6.07) is 17.6. The van der Waals surface area contributed by atoms with Gasteiger partial charge in [0.25, 0.3) is 0 Å². The van der Waals surface area contributed by atoms with Crippen molar-refractivity contribution in [1.82, 2.24) is 4.90 Å². The maximum atomic E-state index is 12.1. The van der Waals surface area contributed by atoms with Crippen LogP contribution >= 0.6 is 0 Å². The van der Waals surface area contributed by atoms with Crippen LogP contribution in [0.25, 0.3) is 6.08 Å². The van der Waals surface area contributed by atoms with Crippen molar-refractivity contribution in [2.75, 3.05) is 13.1 Å². The Morgan fingerprint density at radius 2 is 1.73 bits per heavy atom. The summed E-state index contributed by atoms with van der Waals surface area (Å²) in [4.78, 5) is 14.7. The molecule has 2 aliphatic rings. The lowest BCUT2D eigenvalue weighted by Gasteiger charge is -2.42. The van der Waals surface area contributed by atoms with Crippen LogP contribution in [0.3, 0.4) is 0 Å². The second-order valence-electron chi connectivity index (χ2n) is 7.19. The number of benzene rings is 2. The van der Waals surface area contributed by atoms with E-state index in [9.17, 15) is 4.79 Å². The Bertz CT molecular complexity index is 776. The van der Waals surface area contributed by atoms with Gasteiger partial charge in [-0.25, -0.2) is 4.79 Å². The molecular weight excluding hydrogens is 322 g/mol. The number of ether oxygens (including phenoxy) is 1. The fourth-order valence-corrected chi connectivity index (χ4v) is 3.84. The minimum atomic E-state index is -0.318. The molecule has 1 aliphatic heterocycles. The highest BCUT2D eigenvalue weighted by Crippen LogP contribution is 2.32. The highest BCUT2D eigenvalue weighted by atomic mass is 16.5. The summed E-state index contributed by atoms with van der Waals surface area (Å²) in [5, 5.41) is 0. The van der Waals surface area contributed by atoms with Gasteiger partial charge in [-0.2, -0.15) is 0 Å². The molecule has 1 unspecified atom stereocenters. The SMILES string of the molecule is O=C(Oc1ccc(/C=C2\CCCCC2N2CCC2)cc1)c1ccccc1. The Morgan fingerprint density at radius 1 is 0.962 bits per heavy atom. The minimum Gasteiger partial charge on any atom is -0.423 e. The van der Waals surface area contributed by atoms with Gasteiger partial charge in [0.15, 0.2) is 0 Å². The molecule has 1 saturated carbocycles. The zero-order chi connectivity index (χ0) is 17.8. The van der Waals surface area contributed by atoms with Crippen molar-refractivity contribution in [3.8, 4) is 5.75 Å². The average Bonchev–Trinajstić information content (AvgIpc) is 2.64. The van der Waals surface area contributed by atoms with Crippen LogP contribution in [0.2, 0.25) is 0 Å². The van der Waals surface area contributed by atoms with Crippen molar-refractivity contribution in [1.29, 1.82) is 0 Å². The Hall–Kier alpha value is -2.39. The Balaban J connectivity index is 1.44. The number of hydrogen-bond acceptors (Lipinski definition) is 3. The molecule has 0 spiro atoms. The lowest BCUT2D eigenvalue weighted by atomic mass is 9.86. The summed E-state index contributed by atoms with van der Waals surface area (Å²) in [7, 11) is 0. The zero-order valence-electron chi connectivity index (χ0n) is 15.1. The molecule has 0 bridgehead atoms. The normalized spacial score (nSPS) is 22.0. The fraction of sp³-hybridized carbons (Fsp3) is 0.348. The van der Waals surface area contributed by atoms with E-state index in [2.05, 4.69) is 11.0 Å². The van der Waals surface area contributed by atoms with Gasteiger partial charge in [0.05, 0.1) is 5.56 Å². The van der Waals surface area contributed by atoms with Crippen molar-refractivity contribution < 1.29 is 9.53 Å². The lowest BCUT2D eigenvalue weighted by Crippen LogP contribution is -2.46. The Labute approximate surface area is 155 Å². The first-order valence-electron chi connectivity index (χ1n) is 9.61. The third kappa shape index (κ3) is 3.88. The predicted molar refractivity (Wildman–Crippen MR) is 104 cm³/mol. The second kappa shape index (κ2) is 7.88. The van der Waals surface area contributed by atoms with E-state index in [1.54, 1.807) is 17.7 Å². The van der Waals surface area contributed by atoms with Gasteiger partial charge >= 0.3 is 5.97 Å². The number of carbonyl (C=O) groups excluding carboxylic acids is 1. The molecule has 3 nitrogen and oxygen atoms in total. The van der Waals surface area contributed by atoms with Crippen LogP contribution in [0.5, 0.6) is 5.75 Å². The van der Waals surface area contributed by atoms with E-state index in [0.29, 0.717) is 17.4 Å². The largest absolute Gasteiger partial charge is 0.423 e. The number of nitrogens with zero attached hydrogens (tertiary/aromatic N) is 1. The molecule has 2 fully saturated rings. The quantitative estimate of drug-likeness (QED) is 0.580. The Morgan fingerprint density at radius 3 is 2.42 bits per heavy atom. The van der Waals surface area contributed by atoms with Gasteiger partial charge in [0.1, 0.15) is 5.75 Å². The molecule has 0 radical (unpaired) electrons. The van der Waals surface area contributed by atoms with Crippen LogP contribution < -0.4 is 4.74 Å². The van der Waals surface area contributed by atoms with Crippen LogP contribution in [-0.2, 0) is 0 Å². The standard InChI is InChI=1S/C23H25NO2/c25-23(19-7-2-1-3-8-19)26-21-13-11-18(12-14-21)17-20-9-4-5-10-22(20)24-15-6-16-24/h1-3,7-8,11-14,17,22H,4-6,9-10,15-16H2/b20-17+. The molecule has 4 rings (SSSR count). The van der Waals surface area contributed by atoms with Crippen LogP contribution in [0.1, 0.15) is 48.0 Å². The van der Waals surface area contributed by atoms with E-state index >= 15 is 0 Å². The maximum absolute atomic E-state index is 12.1. The summed E-state index contributed by atoms with van der Waals surface area (Å²) in [5.41, 5.74) is 3.32. The van der Waals surface area contributed by atoms with Crippen LogP contribution in [-0.4, -0.2) is 30.0 Å². The van der Waals surface area contributed by atoms with Gasteiger partial charge in [-0.1, -0.05) is 48.4 Å². The van der Waals surface area contributed by atoms with Crippen LogP contribution in [0.4, 0.5) is 0 Å². The zero-order valence-corrected chi connectivity index (χ0v) is 15.1. The molecular formula is C23H25NO2. The predicted octanol–water partition coefficient (Wildman–Crippen LogP) is 4.94. The van der Waals surface area contributed by atoms with Crippen molar-refractivity contribution >= 4 is 12.0 Å². The molecule has 2 aromatic carbocycles. The van der Waals surface area contributed by atoms with Crippen LogP contribution in [0, 0.1) is 0 Å². The molecule has 0 amide bonds. The number of likely N-dealkylation sites (tertiary alicyclic amines) is 1. The monoisotopic (exact) mass is 347 g/mol. The molecule has 1 atom stereocenters. The third-order valence-corrected chi connectivity index (χ3v) is 5.40. The van der Waals surface area contributed by atoms with E-state index in [-0.39, 0.29) is 5.97 Å². The summed E-state index contributed by atoms with van der Waals surface area (Å²) in [6.07, 6.45) is 8.80. The van der Waals surface area contributed by atoms with Gasteiger partial charge < -0.3 is 4.74 Å². The fourth-order valence-electron chi connectivity index (χ4n) is 3.84. The molecule has 26 heavy (non-hydrogen) atoms. The molecule has 0 N–H and O–H groups in total. The molecule has 1 saturated heterocycles. The van der Waals surface area contributed by atoms with Gasteiger partial charge in [0.2, 0.25) is 0 Å². The smallest absolute Gasteiger partial charge is 0.343 e. The molecule has 1 heterocycles. The van der Waals surface area contributed by atoms with E-state index < -0.39 is 0 Å². The first kappa shape index (κ1) is 17.0. The minimum absolute atomic E-state index is 0.318. The lowest BCUT2D eigenvalue weighted by molar-refractivity contribution is 0.0735. The molecule has 1 aliphatic carbocycles. The summed E-state index contributed by atoms with van der Waals surface area (Å²) >= 11 is 0. The van der Waals surface area contributed by atoms with E-state index in [1.807, 2.05) is 42.5 Å². The highest BCUT2D eigenvalue weighted by Gasteiger charge is 2.28. The molecule has 134 valence electrons. The number of carbonyl (C=O) groups is 1. The van der Waals surface area contributed by atoms with Gasteiger partial charge in [-0.3, -0.25) is 4.90 Å². The molecule has 3 heteroatoms. The summed E-state index contributed by atoms with van der Waals surface area (Å²) in [5.74, 6) is 0.269. The van der Waals surface area contributed by atoms with E-state index in [1.165, 1.54) is 50.8 Å². The van der Waals surface area contributed by atoms with E-state index in [0.717, 1.165) is 0 Å². The number of esters is 1. The summed E-state index contributed by atoms with van der Waals surface area (Å²) < 4.78 is 5.46. The topological polar surface area (TPSA) is 29.5 Å². The second-order valence-corrected chi connectivity index (χ2v) is 7.19. The van der Waals surface area contributed by atoms with Gasteiger partial charge in [0, 0.05) is 6.04 Å². The van der Waals surface area contributed by atoms with Crippen molar-refractivity contribution in [2.45, 2.75) is 38.1 Å². The molecule has 0 aromatic heterocycles. The maximum Gasteiger partial charge on any atom is 0.343 e. The van der Waals surface area contributed by atoms with Crippen molar-refractivity contribution in [3.63, 3.8) is 0 Å².